The maximum absolute atomic E-state index is 10.7. The average molecular weight is 237 g/mol. The molecule has 0 aliphatic heterocycles. The molecule has 0 unspecified atom stereocenters. The molecule has 2 rings (SSSR count). The van der Waals surface area contributed by atoms with Crippen molar-refractivity contribution in [1.29, 1.82) is 0 Å². The van der Waals surface area contributed by atoms with Crippen molar-refractivity contribution in [3.8, 4) is 0 Å². The van der Waals surface area contributed by atoms with E-state index in [4.69, 9.17) is 0 Å². The Labute approximate surface area is 103 Å². The number of nitrogens with zero attached hydrogens (tertiary/aromatic N) is 2. The fourth-order valence-corrected chi connectivity index (χ4v) is 2.78. The van der Waals surface area contributed by atoms with E-state index in [-0.39, 0.29) is 0 Å². The second kappa shape index (κ2) is 5.19. The molecule has 4 nitrogen and oxygen atoms in total. The predicted molar refractivity (Wildman–Crippen MR) is 67.7 cm³/mol. The summed E-state index contributed by atoms with van der Waals surface area (Å²) in [6.45, 7) is 6.09. The molecule has 2 N–H and O–H groups in total. The van der Waals surface area contributed by atoms with Gasteiger partial charge in [0, 0.05) is 25.0 Å². The first-order valence-electron chi connectivity index (χ1n) is 6.67. The highest BCUT2D eigenvalue weighted by Gasteiger charge is 2.37. The van der Waals surface area contributed by atoms with Gasteiger partial charge < -0.3 is 15.0 Å². The first-order chi connectivity index (χ1) is 8.19. The topological polar surface area (TPSA) is 50.1 Å². The second-order valence-electron chi connectivity index (χ2n) is 4.90. The van der Waals surface area contributed by atoms with Crippen LogP contribution in [0, 0.1) is 0 Å². The summed E-state index contributed by atoms with van der Waals surface area (Å²) in [6, 6.07) is 0.560. The lowest BCUT2D eigenvalue weighted by atomic mass is 9.81. The van der Waals surface area contributed by atoms with Crippen LogP contribution in [-0.4, -0.2) is 27.2 Å². The van der Waals surface area contributed by atoms with Gasteiger partial charge in [0.2, 0.25) is 0 Å². The van der Waals surface area contributed by atoms with Crippen LogP contribution in [0.5, 0.6) is 0 Å². The van der Waals surface area contributed by atoms with Gasteiger partial charge in [-0.2, -0.15) is 0 Å². The number of hydrogen-bond donors (Lipinski definition) is 2. The first kappa shape index (κ1) is 12.6. The number of nitrogens with one attached hydrogen (secondary N) is 1. The van der Waals surface area contributed by atoms with E-state index in [0.29, 0.717) is 6.04 Å². The Bertz CT molecular complexity index is 353. The summed E-state index contributed by atoms with van der Waals surface area (Å²) >= 11 is 0. The Hall–Kier alpha value is -0.870. The largest absolute Gasteiger partial charge is 0.382 e. The summed E-state index contributed by atoms with van der Waals surface area (Å²) in [6.07, 6.45) is 7.40. The smallest absolute Gasteiger partial charge is 0.140 e. The van der Waals surface area contributed by atoms with E-state index in [2.05, 4.69) is 24.1 Å². The van der Waals surface area contributed by atoms with Crippen LogP contribution >= 0.6 is 0 Å². The van der Waals surface area contributed by atoms with Gasteiger partial charge in [-0.05, 0) is 39.2 Å². The maximum atomic E-state index is 10.7. The van der Waals surface area contributed by atoms with Crippen molar-refractivity contribution in [3.63, 3.8) is 0 Å². The highest BCUT2D eigenvalue weighted by molar-refractivity contribution is 5.07. The summed E-state index contributed by atoms with van der Waals surface area (Å²) in [5.74, 6) is 0.843. The van der Waals surface area contributed by atoms with Crippen molar-refractivity contribution >= 4 is 0 Å². The standard InChI is InChI=1S/C13H23N3O/c1-3-14-11-5-7-13(17,8-6-11)12-15-9-10-16(12)4-2/h9-11,14,17H,3-8H2,1-2H3. The van der Waals surface area contributed by atoms with Gasteiger partial charge in [0.25, 0.3) is 0 Å². The van der Waals surface area contributed by atoms with Crippen LogP contribution in [0.3, 0.4) is 0 Å². The van der Waals surface area contributed by atoms with Crippen molar-refractivity contribution in [2.24, 2.45) is 0 Å². The molecule has 17 heavy (non-hydrogen) atoms. The van der Waals surface area contributed by atoms with Crippen molar-refractivity contribution in [1.82, 2.24) is 14.9 Å². The predicted octanol–water partition coefficient (Wildman–Crippen LogP) is 1.64. The van der Waals surface area contributed by atoms with Crippen LogP contribution in [0.4, 0.5) is 0 Å². The zero-order chi connectivity index (χ0) is 12.3. The molecular formula is C13H23N3O. The highest BCUT2D eigenvalue weighted by Crippen LogP contribution is 2.36. The fraction of sp³-hybridized carbons (Fsp3) is 0.769. The molecule has 1 saturated carbocycles. The lowest BCUT2D eigenvalue weighted by molar-refractivity contribution is -0.0189. The Balaban J connectivity index is 2.06. The van der Waals surface area contributed by atoms with Gasteiger partial charge in [-0.1, -0.05) is 6.92 Å². The minimum atomic E-state index is -0.717. The SMILES string of the molecule is CCNC1CCC(O)(c2nccn2CC)CC1. The summed E-state index contributed by atoms with van der Waals surface area (Å²) < 4.78 is 2.05. The summed E-state index contributed by atoms with van der Waals surface area (Å²) in [4.78, 5) is 4.35. The molecule has 0 saturated heterocycles. The number of aryl methyl sites for hydroxylation is 1. The highest BCUT2D eigenvalue weighted by atomic mass is 16.3. The molecule has 0 amide bonds. The van der Waals surface area contributed by atoms with E-state index in [1.165, 1.54) is 0 Å². The van der Waals surface area contributed by atoms with Gasteiger partial charge >= 0.3 is 0 Å². The van der Waals surface area contributed by atoms with Crippen LogP contribution in [0.1, 0.15) is 45.4 Å². The van der Waals surface area contributed by atoms with Crippen LogP contribution in [-0.2, 0) is 12.1 Å². The zero-order valence-electron chi connectivity index (χ0n) is 10.8. The molecule has 1 aromatic rings. The third-order valence-corrected chi connectivity index (χ3v) is 3.78. The van der Waals surface area contributed by atoms with Gasteiger partial charge in [0.15, 0.2) is 0 Å². The summed E-state index contributed by atoms with van der Waals surface area (Å²) in [7, 11) is 0. The molecule has 1 aliphatic rings. The second-order valence-corrected chi connectivity index (χ2v) is 4.90. The maximum Gasteiger partial charge on any atom is 0.140 e. The molecule has 1 fully saturated rings. The minimum absolute atomic E-state index is 0.560. The van der Waals surface area contributed by atoms with E-state index in [1.807, 2.05) is 10.8 Å². The number of aromatic nitrogens is 2. The number of hydrogen-bond acceptors (Lipinski definition) is 3. The van der Waals surface area contributed by atoms with Crippen molar-refractivity contribution in [2.45, 2.75) is 57.7 Å². The van der Waals surface area contributed by atoms with E-state index < -0.39 is 5.60 Å². The Morgan fingerprint density at radius 3 is 2.76 bits per heavy atom. The van der Waals surface area contributed by atoms with Crippen molar-refractivity contribution < 1.29 is 5.11 Å². The zero-order valence-corrected chi connectivity index (χ0v) is 10.8. The molecule has 0 atom stereocenters. The van der Waals surface area contributed by atoms with Gasteiger partial charge in [-0.15, -0.1) is 0 Å². The number of rotatable bonds is 4. The molecule has 1 aliphatic carbocycles. The van der Waals surface area contributed by atoms with E-state index >= 15 is 0 Å². The monoisotopic (exact) mass is 237 g/mol. The Kier molecular flexibility index (Phi) is 3.84. The third kappa shape index (κ3) is 2.53. The third-order valence-electron chi connectivity index (χ3n) is 3.78. The number of aliphatic hydroxyl groups is 1. The quantitative estimate of drug-likeness (QED) is 0.837. The van der Waals surface area contributed by atoms with Gasteiger partial charge in [-0.3, -0.25) is 0 Å². The van der Waals surface area contributed by atoms with Crippen molar-refractivity contribution in [3.05, 3.63) is 18.2 Å². The average Bonchev–Trinajstić information content (AvgIpc) is 2.81. The number of imidazole rings is 1. The van der Waals surface area contributed by atoms with E-state index in [1.54, 1.807) is 6.20 Å². The molecule has 4 heteroatoms. The van der Waals surface area contributed by atoms with Crippen LogP contribution in [0.25, 0.3) is 0 Å². The van der Waals surface area contributed by atoms with Crippen LogP contribution < -0.4 is 5.32 Å². The van der Waals surface area contributed by atoms with Gasteiger partial charge in [-0.25, -0.2) is 4.98 Å². The normalized spacial score (nSPS) is 29.5. The summed E-state index contributed by atoms with van der Waals surface area (Å²) in [5.41, 5.74) is -0.717. The molecule has 1 aromatic heterocycles. The van der Waals surface area contributed by atoms with Crippen LogP contribution in [0.15, 0.2) is 12.4 Å². The van der Waals surface area contributed by atoms with Gasteiger partial charge in [0.1, 0.15) is 11.4 Å². The first-order valence-corrected chi connectivity index (χ1v) is 6.67. The molecule has 0 aromatic carbocycles. The van der Waals surface area contributed by atoms with E-state index in [0.717, 1.165) is 44.6 Å². The van der Waals surface area contributed by atoms with Crippen LogP contribution in [0.2, 0.25) is 0 Å². The summed E-state index contributed by atoms with van der Waals surface area (Å²) in [5, 5.41) is 14.2. The molecule has 0 spiro atoms. The molecule has 0 radical (unpaired) electrons. The Morgan fingerprint density at radius 2 is 2.18 bits per heavy atom. The lowest BCUT2D eigenvalue weighted by Crippen LogP contribution is -2.41. The van der Waals surface area contributed by atoms with Gasteiger partial charge in [0.05, 0.1) is 0 Å². The van der Waals surface area contributed by atoms with Crippen molar-refractivity contribution in [2.75, 3.05) is 6.54 Å². The molecule has 0 bridgehead atoms. The van der Waals surface area contributed by atoms with E-state index in [9.17, 15) is 5.11 Å². The lowest BCUT2D eigenvalue weighted by Gasteiger charge is -2.36. The molecule has 1 heterocycles. The minimum Gasteiger partial charge on any atom is -0.382 e. The molecular weight excluding hydrogens is 214 g/mol. The Morgan fingerprint density at radius 1 is 1.47 bits per heavy atom. The fourth-order valence-electron chi connectivity index (χ4n) is 2.78. The molecule has 96 valence electrons.